The third kappa shape index (κ3) is 7.49. The Morgan fingerprint density at radius 2 is 1.07 bits per heavy atom. The number of aromatic hydroxyl groups is 4. The fourth-order valence-corrected chi connectivity index (χ4v) is 2.37. The van der Waals surface area contributed by atoms with Crippen LogP contribution in [0.25, 0.3) is 0 Å². The van der Waals surface area contributed by atoms with Gasteiger partial charge in [-0.15, -0.1) is 0 Å². The number of methoxy groups -OCH3 is 2. The predicted molar refractivity (Wildman–Crippen MR) is 107 cm³/mol. The molecule has 164 valence electrons. The van der Waals surface area contributed by atoms with Crippen molar-refractivity contribution in [1.82, 2.24) is 0 Å². The Balaban J connectivity index is 0.000000300. The number of phenols is 4. The van der Waals surface area contributed by atoms with Crippen LogP contribution < -0.4 is 11.5 Å². The van der Waals surface area contributed by atoms with Gasteiger partial charge in [-0.1, -0.05) is 12.1 Å². The molecule has 2 aromatic rings. The topological polar surface area (TPSA) is 186 Å². The predicted octanol–water partition coefficient (Wildman–Crippen LogP) is 0.281. The number of ether oxygens (including phenoxy) is 2. The van der Waals surface area contributed by atoms with Gasteiger partial charge in [0, 0.05) is 0 Å². The number of phenolic OH excluding ortho intramolecular Hbond substituents is 4. The van der Waals surface area contributed by atoms with Crippen LogP contribution in [-0.4, -0.2) is 58.7 Å². The summed E-state index contributed by atoms with van der Waals surface area (Å²) in [5.41, 5.74) is 12.4. The molecular formula is C20H26N2O8. The minimum absolute atomic E-state index is 0.203. The summed E-state index contributed by atoms with van der Waals surface area (Å²) in [7, 11) is 2.52. The maximum Gasteiger partial charge on any atom is 0.322 e. The fourth-order valence-electron chi connectivity index (χ4n) is 2.37. The van der Waals surface area contributed by atoms with Gasteiger partial charge in [-0.2, -0.15) is 0 Å². The van der Waals surface area contributed by atoms with Crippen LogP contribution in [0.15, 0.2) is 36.4 Å². The zero-order valence-electron chi connectivity index (χ0n) is 16.6. The van der Waals surface area contributed by atoms with E-state index in [2.05, 4.69) is 9.47 Å². The smallest absolute Gasteiger partial charge is 0.322 e. The summed E-state index contributed by atoms with van der Waals surface area (Å²) in [4.78, 5) is 22.0. The monoisotopic (exact) mass is 422 g/mol. The average molecular weight is 422 g/mol. The number of carbonyl (C=O) groups is 2. The van der Waals surface area contributed by atoms with E-state index in [1.165, 1.54) is 38.5 Å². The zero-order chi connectivity index (χ0) is 22.8. The highest BCUT2D eigenvalue weighted by atomic mass is 16.5. The first kappa shape index (κ1) is 24.5. The molecule has 8 N–H and O–H groups in total. The van der Waals surface area contributed by atoms with E-state index < -0.39 is 24.0 Å². The number of hydrogen-bond donors (Lipinski definition) is 6. The van der Waals surface area contributed by atoms with Gasteiger partial charge in [0.15, 0.2) is 23.0 Å². The normalized spacial score (nSPS) is 12.1. The van der Waals surface area contributed by atoms with Crippen LogP contribution in [-0.2, 0) is 31.9 Å². The second-order valence-corrected chi connectivity index (χ2v) is 6.31. The summed E-state index contributed by atoms with van der Waals surface area (Å²) in [6.45, 7) is 0. The maximum absolute atomic E-state index is 11.0. The first-order chi connectivity index (χ1) is 14.1. The molecule has 10 heteroatoms. The molecule has 0 fully saturated rings. The first-order valence-electron chi connectivity index (χ1n) is 8.77. The van der Waals surface area contributed by atoms with E-state index in [0.29, 0.717) is 11.1 Å². The number of hydrogen-bond acceptors (Lipinski definition) is 10. The van der Waals surface area contributed by atoms with Crippen LogP contribution >= 0.6 is 0 Å². The van der Waals surface area contributed by atoms with Gasteiger partial charge in [0.25, 0.3) is 0 Å². The Bertz CT molecular complexity index is 800. The molecule has 0 aliphatic rings. The lowest BCUT2D eigenvalue weighted by Crippen LogP contribution is -2.33. The maximum atomic E-state index is 11.0. The zero-order valence-corrected chi connectivity index (χ0v) is 16.6. The number of benzene rings is 2. The van der Waals surface area contributed by atoms with Crippen molar-refractivity contribution >= 4 is 11.9 Å². The van der Waals surface area contributed by atoms with E-state index in [1.807, 2.05) is 0 Å². The summed E-state index contributed by atoms with van der Waals surface area (Å²) < 4.78 is 8.92. The molecule has 10 nitrogen and oxygen atoms in total. The van der Waals surface area contributed by atoms with Gasteiger partial charge in [-0.3, -0.25) is 9.59 Å². The van der Waals surface area contributed by atoms with Crippen LogP contribution in [0, 0.1) is 0 Å². The summed E-state index contributed by atoms with van der Waals surface area (Å²) >= 11 is 0. The fraction of sp³-hybridized carbons (Fsp3) is 0.300. The lowest BCUT2D eigenvalue weighted by atomic mass is 10.1. The van der Waals surface area contributed by atoms with Crippen molar-refractivity contribution in [3.8, 4) is 23.0 Å². The number of carbonyl (C=O) groups excluding carboxylic acids is 2. The van der Waals surface area contributed by atoms with Gasteiger partial charge in [-0.25, -0.2) is 0 Å². The Morgan fingerprint density at radius 3 is 1.33 bits per heavy atom. The first-order valence-corrected chi connectivity index (χ1v) is 8.77. The van der Waals surface area contributed by atoms with Crippen molar-refractivity contribution in [2.24, 2.45) is 11.5 Å². The van der Waals surface area contributed by atoms with Crippen molar-refractivity contribution in [3.05, 3.63) is 47.5 Å². The molecule has 0 saturated carbocycles. The van der Waals surface area contributed by atoms with Crippen LogP contribution in [0.2, 0.25) is 0 Å². The van der Waals surface area contributed by atoms with E-state index in [9.17, 15) is 19.8 Å². The van der Waals surface area contributed by atoms with E-state index >= 15 is 0 Å². The van der Waals surface area contributed by atoms with Crippen molar-refractivity contribution in [2.75, 3.05) is 14.2 Å². The summed E-state index contributed by atoms with van der Waals surface area (Å²) in [5, 5.41) is 36.5. The summed E-state index contributed by atoms with van der Waals surface area (Å²) in [6.07, 6.45) is 0.501. The molecule has 0 bridgehead atoms. The molecule has 0 radical (unpaired) electrons. The minimum Gasteiger partial charge on any atom is -0.504 e. The Hall–Kier alpha value is -3.50. The van der Waals surface area contributed by atoms with Gasteiger partial charge < -0.3 is 41.4 Å². The number of rotatable bonds is 6. The molecule has 0 saturated heterocycles. The van der Waals surface area contributed by atoms with Crippen LogP contribution in [0.4, 0.5) is 0 Å². The van der Waals surface area contributed by atoms with E-state index in [4.69, 9.17) is 21.7 Å². The highest BCUT2D eigenvalue weighted by molar-refractivity contribution is 5.76. The van der Waals surface area contributed by atoms with E-state index in [-0.39, 0.29) is 35.8 Å². The summed E-state index contributed by atoms with van der Waals surface area (Å²) in [6, 6.07) is 7.04. The SMILES string of the molecule is COC(=O)C(N)Cc1ccc(O)c(O)c1.COC(=O)C(N)Cc1ccc(O)c(O)c1. The van der Waals surface area contributed by atoms with Gasteiger partial charge in [0.05, 0.1) is 14.2 Å². The van der Waals surface area contributed by atoms with Crippen molar-refractivity contribution < 1.29 is 39.5 Å². The molecule has 0 aliphatic carbocycles. The van der Waals surface area contributed by atoms with Crippen molar-refractivity contribution in [3.63, 3.8) is 0 Å². The second kappa shape index (κ2) is 11.5. The lowest BCUT2D eigenvalue weighted by molar-refractivity contribution is -0.142. The molecule has 2 rings (SSSR count). The Morgan fingerprint density at radius 1 is 0.733 bits per heavy atom. The van der Waals surface area contributed by atoms with Crippen LogP contribution in [0.3, 0.4) is 0 Å². The van der Waals surface area contributed by atoms with Gasteiger partial charge in [0.2, 0.25) is 0 Å². The molecule has 2 aromatic carbocycles. The van der Waals surface area contributed by atoms with Crippen molar-refractivity contribution in [1.29, 1.82) is 0 Å². The molecule has 0 heterocycles. The standard InChI is InChI=1S/2C10H13NO4/c2*1-15-10(14)7(11)4-6-2-3-8(12)9(13)5-6/h2*2-3,5,7,12-13H,4,11H2,1H3. The van der Waals surface area contributed by atoms with Crippen LogP contribution in [0.5, 0.6) is 23.0 Å². The van der Waals surface area contributed by atoms with E-state index in [0.717, 1.165) is 0 Å². The highest BCUT2D eigenvalue weighted by Gasteiger charge is 2.15. The van der Waals surface area contributed by atoms with Gasteiger partial charge >= 0.3 is 11.9 Å². The van der Waals surface area contributed by atoms with Crippen LogP contribution in [0.1, 0.15) is 11.1 Å². The molecule has 2 atom stereocenters. The van der Waals surface area contributed by atoms with E-state index in [1.54, 1.807) is 12.1 Å². The third-order valence-corrected chi connectivity index (χ3v) is 4.00. The molecule has 0 aromatic heterocycles. The molecular weight excluding hydrogens is 396 g/mol. The molecule has 0 amide bonds. The van der Waals surface area contributed by atoms with Crippen molar-refractivity contribution in [2.45, 2.75) is 24.9 Å². The number of esters is 2. The van der Waals surface area contributed by atoms with Gasteiger partial charge in [-0.05, 0) is 48.2 Å². The summed E-state index contributed by atoms with van der Waals surface area (Å²) in [5.74, 6) is -1.89. The Kier molecular flexibility index (Phi) is 9.40. The molecule has 2 unspecified atom stereocenters. The molecule has 0 aliphatic heterocycles. The lowest BCUT2D eigenvalue weighted by Gasteiger charge is -2.09. The Labute approximate surface area is 173 Å². The quantitative estimate of drug-likeness (QED) is 0.279. The average Bonchev–Trinajstić information content (AvgIpc) is 2.72. The highest BCUT2D eigenvalue weighted by Crippen LogP contribution is 2.26. The minimum atomic E-state index is -0.765. The molecule has 30 heavy (non-hydrogen) atoms. The molecule has 0 spiro atoms. The van der Waals surface area contributed by atoms with Gasteiger partial charge in [0.1, 0.15) is 12.1 Å². The largest absolute Gasteiger partial charge is 0.504 e. The second-order valence-electron chi connectivity index (χ2n) is 6.31. The number of nitrogens with two attached hydrogens (primary N) is 2. The third-order valence-electron chi connectivity index (χ3n) is 4.00.